The largest absolute Gasteiger partial charge is 0.352 e. The second-order valence-electron chi connectivity index (χ2n) is 3.60. The first-order valence-corrected chi connectivity index (χ1v) is 6.17. The molecule has 1 amide bonds. The smallest absolute Gasteiger partial charge is 0.224 e. The SMILES string of the molecule is CCC(CCl)NC(=O)Cc1ccccc1Cl. The molecule has 4 heteroatoms. The number of alkyl halides is 1. The van der Waals surface area contributed by atoms with Crippen LogP contribution in [0.5, 0.6) is 0 Å². The number of amides is 1. The quantitative estimate of drug-likeness (QED) is 0.810. The molecule has 1 aromatic carbocycles. The van der Waals surface area contributed by atoms with E-state index in [1.54, 1.807) is 6.07 Å². The summed E-state index contributed by atoms with van der Waals surface area (Å²) in [4.78, 5) is 11.7. The molecule has 0 saturated carbocycles. The molecule has 0 fully saturated rings. The molecule has 0 bridgehead atoms. The van der Waals surface area contributed by atoms with Crippen LogP contribution in [0.1, 0.15) is 18.9 Å². The highest BCUT2D eigenvalue weighted by atomic mass is 35.5. The van der Waals surface area contributed by atoms with Gasteiger partial charge in [0.15, 0.2) is 0 Å². The van der Waals surface area contributed by atoms with Gasteiger partial charge in [0.1, 0.15) is 0 Å². The number of carbonyl (C=O) groups excluding carboxylic acids is 1. The molecule has 0 saturated heterocycles. The number of benzene rings is 1. The molecule has 1 N–H and O–H groups in total. The van der Waals surface area contributed by atoms with E-state index in [-0.39, 0.29) is 11.9 Å². The fraction of sp³-hybridized carbons (Fsp3) is 0.417. The maximum Gasteiger partial charge on any atom is 0.224 e. The number of carbonyl (C=O) groups is 1. The van der Waals surface area contributed by atoms with E-state index < -0.39 is 0 Å². The summed E-state index contributed by atoms with van der Waals surface area (Å²) < 4.78 is 0. The molecule has 88 valence electrons. The summed E-state index contributed by atoms with van der Waals surface area (Å²) in [5.74, 6) is 0.394. The van der Waals surface area contributed by atoms with Crippen molar-refractivity contribution in [3.05, 3.63) is 34.9 Å². The molecule has 1 aromatic rings. The van der Waals surface area contributed by atoms with Gasteiger partial charge in [0.2, 0.25) is 5.91 Å². The average molecular weight is 260 g/mol. The molecule has 16 heavy (non-hydrogen) atoms. The first kappa shape index (κ1) is 13.3. The number of halogens is 2. The maximum atomic E-state index is 11.7. The van der Waals surface area contributed by atoms with E-state index in [0.717, 1.165) is 12.0 Å². The van der Waals surface area contributed by atoms with Crippen LogP contribution >= 0.6 is 23.2 Å². The zero-order chi connectivity index (χ0) is 12.0. The minimum absolute atomic E-state index is 0.0386. The molecular weight excluding hydrogens is 245 g/mol. The molecule has 2 nitrogen and oxygen atoms in total. The lowest BCUT2D eigenvalue weighted by Crippen LogP contribution is -2.36. The van der Waals surface area contributed by atoms with E-state index in [1.807, 2.05) is 25.1 Å². The number of hydrogen-bond donors (Lipinski definition) is 1. The zero-order valence-corrected chi connectivity index (χ0v) is 10.7. The molecular formula is C12H15Cl2NO. The summed E-state index contributed by atoms with van der Waals surface area (Å²) >= 11 is 11.7. The molecule has 0 aliphatic heterocycles. The molecule has 1 unspecified atom stereocenters. The second-order valence-corrected chi connectivity index (χ2v) is 4.31. The normalized spacial score (nSPS) is 12.2. The Kier molecular flexibility index (Phi) is 5.64. The molecule has 0 spiro atoms. The topological polar surface area (TPSA) is 29.1 Å². The highest BCUT2D eigenvalue weighted by Crippen LogP contribution is 2.15. The van der Waals surface area contributed by atoms with Gasteiger partial charge in [-0.2, -0.15) is 0 Å². The van der Waals surface area contributed by atoms with E-state index in [2.05, 4.69) is 5.32 Å². The Morgan fingerprint density at radius 2 is 2.12 bits per heavy atom. The van der Waals surface area contributed by atoms with Crippen LogP contribution in [0, 0.1) is 0 Å². The first-order chi connectivity index (χ1) is 7.67. The van der Waals surface area contributed by atoms with Gasteiger partial charge in [-0.05, 0) is 18.1 Å². The van der Waals surface area contributed by atoms with Crippen LogP contribution in [0.4, 0.5) is 0 Å². The van der Waals surface area contributed by atoms with Crippen LogP contribution < -0.4 is 5.32 Å². The third-order valence-corrected chi connectivity index (χ3v) is 3.09. The number of rotatable bonds is 5. The van der Waals surface area contributed by atoms with Gasteiger partial charge in [-0.1, -0.05) is 36.7 Å². The lowest BCUT2D eigenvalue weighted by Gasteiger charge is -2.13. The molecule has 0 radical (unpaired) electrons. The van der Waals surface area contributed by atoms with E-state index in [1.165, 1.54) is 0 Å². The lowest BCUT2D eigenvalue weighted by molar-refractivity contribution is -0.121. The Hall–Kier alpha value is -0.730. The summed E-state index contributed by atoms with van der Waals surface area (Å²) in [6.45, 7) is 1.99. The predicted molar refractivity (Wildman–Crippen MR) is 68.1 cm³/mol. The Morgan fingerprint density at radius 3 is 2.69 bits per heavy atom. The summed E-state index contributed by atoms with van der Waals surface area (Å²) in [5, 5.41) is 3.48. The van der Waals surface area contributed by atoms with Crippen LogP contribution in [0.3, 0.4) is 0 Å². The van der Waals surface area contributed by atoms with Crippen molar-refractivity contribution in [3.8, 4) is 0 Å². The van der Waals surface area contributed by atoms with Crippen LogP contribution in [0.15, 0.2) is 24.3 Å². The molecule has 0 heterocycles. The summed E-state index contributed by atoms with van der Waals surface area (Å²) in [6.07, 6.45) is 1.13. The lowest BCUT2D eigenvalue weighted by atomic mass is 10.1. The molecule has 0 aliphatic carbocycles. The fourth-order valence-electron chi connectivity index (χ4n) is 1.34. The van der Waals surface area contributed by atoms with Crippen molar-refractivity contribution in [2.75, 3.05) is 5.88 Å². The van der Waals surface area contributed by atoms with Gasteiger partial charge >= 0.3 is 0 Å². The van der Waals surface area contributed by atoms with E-state index in [0.29, 0.717) is 17.3 Å². The summed E-state index contributed by atoms with van der Waals surface area (Å²) in [5.41, 5.74) is 0.839. The average Bonchev–Trinajstić information content (AvgIpc) is 2.29. The van der Waals surface area contributed by atoms with Gasteiger partial charge < -0.3 is 5.32 Å². The predicted octanol–water partition coefficient (Wildman–Crippen LogP) is 3.02. The Bertz CT molecular complexity index is 351. The molecule has 1 rings (SSSR count). The highest BCUT2D eigenvalue weighted by Gasteiger charge is 2.10. The molecule has 1 atom stereocenters. The molecule has 0 aliphatic rings. The number of hydrogen-bond acceptors (Lipinski definition) is 1. The van der Waals surface area contributed by atoms with E-state index in [4.69, 9.17) is 23.2 Å². The monoisotopic (exact) mass is 259 g/mol. The first-order valence-electron chi connectivity index (χ1n) is 5.26. The van der Waals surface area contributed by atoms with Gasteiger partial charge in [0, 0.05) is 16.9 Å². The van der Waals surface area contributed by atoms with Crippen molar-refractivity contribution in [2.45, 2.75) is 25.8 Å². The Labute approximate surface area is 106 Å². The Morgan fingerprint density at radius 1 is 1.44 bits per heavy atom. The highest BCUT2D eigenvalue weighted by molar-refractivity contribution is 6.31. The van der Waals surface area contributed by atoms with Gasteiger partial charge in [-0.3, -0.25) is 4.79 Å². The minimum atomic E-state index is -0.0411. The van der Waals surface area contributed by atoms with Crippen molar-refractivity contribution in [3.63, 3.8) is 0 Å². The number of nitrogens with one attached hydrogen (secondary N) is 1. The van der Waals surface area contributed by atoms with Crippen molar-refractivity contribution >= 4 is 29.1 Å². The van der Waals surface area contributed by atoms with Gasteiger partial charge in [-0.15, -0.1) is 11.6 Å². The standard InChI is InChI=1S/C12H15Cl2NO/c1-2-10(8-13)15-12(16)7-9-5-3-4-6-11(9)14/h3-6,10H,2,7-8H2,1H3,(H,15,16). The Balaban J connectivity index is 2.55. The van der Waals surface area contributed by atoms with Crippen LogP contribution in [0.2, 0.25) is 5.02 Å². The van der Waals surface area contributed by atoms with Gasteiger partial charge in [-0.25, -0.2) is 0 Å². The second kappa shape index (κ2) is 6.77. The maximum absolute atomic E-state index is 11.7. The van der Waals surface area contributed by atoms with Crippen LogP contribution in [-0.4, -0.2) is 17.8 Å². The van der Waals surface area contributed by atoms with Gasteiger partial charge in [0.05, 0.1) is 6.42 Å². The summed E-state index contributed by atoms with van der Waals surface area (Å²) in [7, 11) is 0. The van der Waals surface area contributed by atoms with Crippen LogP contribution in [-0.2, 0) is 11.2 Å². The van der Waals surface area contributed by atoms with Crippen molar-refractivity contribution in [2.24, 2.45) is 0 Å². The minimum Gasteiger partial charge on any atom is -0.352 e. The van der Waals surface area contributed by atoms with Crippen molar-refractivity contribution in [1.82, 2.24) is 5.32 Å². The third-order valence-electron chi connectivity index (χ3n) is 2.35. The third kappa shape index (κ3) is 4.03. The van der Waals surface area contributed by atoms with Gasteiger partial charge in [0.25, 0.3) is 0 Å². The zero-order valence-electron chi connectivity index (χ0n) is 9.17. The van der Waals surface area contributed by atoms with E-state index in [9.17, 15) is 4.79 Å². The fourth-order valence-corrected chi connectivity index (χ4v) is 1.84. The van der Waals surface area contributed by atoms with Crippen LogP contribution in [0.25, 0.3) is 0 Å². The van der Waals surface area contributed by atoms with E-state index >= 15 is 0 Å². The van der Waals surface area contributed by atoms with Crippen molar-refractivity contribution < 1.29 is 4.79 Å². The van der Waals surface area contributed by atoms with Crippen molar-refractivity contribution in [1.29, 1.82) is 0 Å². The summed E-state index contributed by atoms with van der Waals surface area (Å²) in [6, 6.07) is 7.38. The molecule has 0 aromatic heterocycles.